The topological polar surface area (TPSA) is 24.9 Å². The summed E-state index contributed by atoms with van der Waals surface area (Å²) >= 11 is 0. The van der Waals surface area contributed by atoms with E-state index in [0.29, 0.717) is 30.4 Å². The number of rotatable bonds is 4. The van der Waals surface area contributed by atoms with E-state index in [4.69, 9.17) is 9.47 Å². The number of ether oxygens (including phenoxy) is 2. The van der Waals surface area contributed by atoms with Crippen LogP contribution < -0.4 is 0 Å². The van der Waals surface area contributed by atoms with Gasteiger partial charge < -0.3 is 14.4 Å². The maximum absolute atomic E-state index is 6.46. The Hall–Kier alpha value is -0.160. The van der Waals surface area contributed by atoms with Crippen molar-refractivity contribution in [2.45, 2.75) is 83.3 Å². The van der Waals surface area contributed by atoms with Crippen molar-refractivity contribution in [3.63, 3.8) is 0 Å². The normalized spacial score (nSPS) is 42.2. The van der Waals surface area contributed by atoms with Crippen LogP contribution in [-0.4, -0.2) is 73.0 Å². The van der Waals surface area contributed by atoms with Crippen LogP contribution in [0.4, 0.5) is 0 Å². The molecule has 4 heteroatoms. The van der Waals surface area contributed by atoms with Crippen LogP contribution in [0.2, 0.25) is 0 Å². The van der Waals surface area contributed by atoms with Crippen LogP contribution in [0.1, 0.15) is 52.9 Å². The molecule has 6 unspecified atom stereocenters. The van der Waals surface area contributed by atoms with Gasteiger partial charge in [0.2, 0.25) is 0 Å². The maximum Gasteiger partial charge on any atom is 0.0731 e. The third-order valence-electron chi connectivity index (χ3n) is 7.13. The van der Waals surface area contributed by atoms with Gasteiger partial charge in [-0.25, -0.2) is 0 Å². The monoisotopic (exact) mass is 336 g/mol. The molecule has 0 aromatic carbocycles. The fourth-order valence-corrected chi connectivity index (χ4v) is 5.51. The van der Waals surface area contributed by atoms with Gasteiger partial charge in [0.25, 0.3) is 0 Å². The van der Waals surface area contributed by atoms with Gasteiger partial charge in [-0.15, -0.1) is 0 Å². The van der Waals surface area contributed by atoms with E-state index in [0.717, 1.165) is 25.0 Å². The van der Waals surface area contributed by atoms with Crippen molar-refractivity contribution in [3.8, 4) is 0 Å². The Morgan fingerprint density at radius 1 is 0.917 bits per heavy atom. The molecule has 138 valence electrons. The second-order valence-corrected chi connectivity index (χ2v) is 9.00. The number of piperidine rings is 2. The first-order valence-corrected chi connectivity index (χ1v) is 10.4. The molecule has 6 atom stereocenters. The molecule has 4 aliphatic heterocycles. The first kappa shape index (κ1) is 17.3. The zero-order valence-corrected chi connectivity index (χ0v) is 15.8. The Morgan fingerprint density at radius 3 is 2.58 bits per heavy atom. The van der Waals surface area contributed by atoms with Crippen LogP contribution in [0.15, 0.2) is 0 Å². The minimum atomic E-state index is 0.476. The van der Waals surface area contributed by atoms with Crippen molar-refractivity contribution in [2.75, 3.05) is 32.8 Å². The van der Waals surface area contributed by atoms with E-state index in [1.807, 2.05) is 0 Å². The van der Waals surface area contributed by atoms with E-state index >= 15 is 0 Å². The number of fused-ring (bicyclic) bond motifs is 2. The van der Waals surface area contributed by atoms with Crippen molar-refractivity contribution in [3.05, 3.63) is 0 Å². The van der Waals surface area contributed by atoms with E-state index in [-0.39, 0.29) is 0 Å². The largest absolute Gasteiger partial charge is 0.377 e. The summed E-state index contributed by atoms with van der Waals surface area (Å²) in [5, 5.41) is 0. The molecule has 0 aromatic heterocycles. The highest BCUT2D eigenvalue weighted by atomic mass is 16.5. The maximum atomic E-state index is 6.46. The molecule has 4 aliphatic rings. The molecule has 24 heavy (non-hydrogen) atoms. The molecule has 0 N–H and O–H groups in total. The molecular weight excluding hydrogens is 300 g/mol. The van der Waals surface area contributed by atoms with E-state index in [9.17, 15) is 0 Å². The van der Waals surface area contributed by atoms with Crippen LogP contribution in [0, 0.1) is 11.8 Å². The van der Waals surface area contributed by atoms with Crippen molar-refractivity contribution < 1.29 is 9.47 Å². The van der Waals surface area contributed by atoms with E-state index in [2.05, 4.69) is 30.6 Å². The average molecular weight is 337 g/mol. The van der Waals surface area contributed by atoms with E-state index in [1.165, 1.54) is 51.7 Å². The van der Waals surface area contributed by atoms with Gasteiger partial charge in [0.05, 0.1) is 18.3 Å². The molecule has 0 aliphatic carbocycles. The Bertz CT molecular complexity index is 430. The summed E-state index contributed by atoms with van der Waals surface area (Å²) < 4.78 is 12.4. The first-order chi connectivity index (χ1) is 11.6. The van der Waals surface area contributed by atoms with Crippen LogP contribution in [-0.2, 0) is 9.47 Å². The summed E-state index contributed by atoms with van der Waals surface area (Å²) in [7, 11) is 0. The van der Waals surface area contributed by atoms with Crippen molar-refractivity contribution in [1.29, 1.82) is 0 Å². The zero-order chi connectivity index (χ0) is 16.7. The smallest absolute Gasteiger partial charge is 0.0731 e. The predicted molar refractivity (Wildman–Crippen MR) is 96.2 cm³/mol. The third-order valence-corrected chi connectivity index (χ3v) is 7.13. The number of nitrogens with zero attached hydrogens (tertiary/aromatic N) is 2. The number of likely N-dealkylation sites (tertiary alicyclic amines) is 2. The molecule has 0 amide bonds. The van der Waals surface area contributed by atoms with Crippen LogP contribution in [0.3, 0.4) is 0 Å². The fraction of sp³-hybridized carbons (Fsp3) is 1.00. The molecule has 4 nitrogen and oxygen atoms in total. The second kappa shape index (κ2) is 7.22. The van der Waals surface area contributed by atoms with E-state index in [1.54, 1.807) is 0 Å². The summed E-state index contributed by atoms with van der Waals surface area (Å²) in [6.45, 7) is 12.9. The Balaban J connectivity index is 1.27. The summed E-state index contributed by atoms with van der Waals surface area (Å²) in [5.74, 6) is 1.60. The third kappa shape index (κ3) is 3.53. The summed E-state index contributed by atoms with van der Waals surface area (Å²) in [6, 6.07) is 1.30. The molecule has 4 rings (SSSR count). The lowest BCUT2D eigenvalue weighted by atomic mass is 9.90. The van der Waals surface area contributed by atoms with Crippen molar-refractivity contribution in [1.82, 2.24) is 9.80 Å². The van der Waals surface area contributed by atoms with Gasteiger partial charge in [-0.1, -0.05) is 0 Å². The summed E-state index contributed by atoms with van der Waals surface area (Å²) in [4.78, 5) is 5.30. The minimum absolute atomic E-state index is 0.476. The lowest BCUT2D eigenvalue weighted by Gasteiger charge is -2.38. The highest BCUT2D eigenvalue weighted by Gasteiger charge is 2.41. The van der Waals surface area contributed by atoms with Crippen LogP contribution in [0.5, 0.6) is 0 Å². The predicted octanol–water partition coefficient (Wildman–Crippen LogP) is 2.76. The zero-order valence-electron chi connectivity index (χ0n) is 15.8. The Labute approximate surface area is 147 Å². The Kier molecular flexibility index (Phi) is 5.19. The minimum Gasteiger partial charge on any atom is -0.377 e. The van der Waals surface area contributed by atoms with Gasteiger partial charge in [0, 0.05) is 44.2 Å². The highest BCUT2D eigenvalue weighted by molar-refractivity contribution is 4.92. The molecule has 4 fully saturated rings. The SMILES string of the molecule is CC(C)N1CCC2OC(CC(C)N3CCC4CCOC4C3)CC2C1. The van der Waals surface area contributed by atoms with Gasteiger partial charge in [-0.05, 0) is 65.3 Å². The molecule has 0 radical (unpaired) electrons. The first-order valence-electron chi connectivity index (χ1n) is 10.4. The fourth-order valence-electron chi connectivity index (χ4n) is 5.51. The molecule has 0 aromatic rings. The van der Waals surface area contributed by atoms with Gasteiger partial charge in [0.15, 0.2) is 0 Å². The highest BCUT2D eigenvalue weighted by Crippen LogP contribution is 2.36. The molecular formula is C20H36N2O2. The molecule has 0 saturated carbocycles. The average Bonchev–Trinajstić information content (AvgIpc) is 3.18. The lowest BCUT2D eigenvalue weighted by molar-refractivity contribution is -0.0257. The quantitative estimate of drug-likeness (QED) is 0.788. The van der Waals surface area contributed by atoms with Crippen LogP contribution in [0.25, 0.3) is 0 Å². The molecule has 4 heterocycles. The summed E-state index contributed by atoms with van der Waals surface area (Å²) in [6.07, 6.45) is 7.83. The van der Waals surface area contributed by atoms with Gasteiger partial charge in [0.1, 0.15) is 0 Å². The molecule has 0 bridgehead atoms. The second-order valence-electron chi connectivity index (χ2n) is 9.00. The molecule has 0 spiro atoms. The molecule has 4 saturated heterocycles. The standard InChI is InChI=1S/C20H36N2O2/c1-14(2)21-8-5-19-17(12-21)11-18(24-19)10-15(3)22-7-4-16-6-9-23-20(16)13-22/h14-20H,4-13H2,1-3H3. The number of hydrogen-bond acceptors (Lipinski definition) is 4. The van der Waals surface area contributed by atoms with Crippen LogP contribution >= 0.6 is 0 Å². The van der Waals surface area contributed by atoms with Gasteiger partial charge in [-0.2, -0.15) is 0 Å². The Morgan fingerprint density at radius 2 is 1.75 bits per heavy atom. The van der Waals surface area contributed by atoms with Crippen molar-refractivity contribution in [2.24, 2.45) is 11.8 Å². The lowest BCUT2D eigenvalue weighted by Crippen LogP contribution is -2.47. The van der Waals surface area contributed by atoms with Gasteiger partial charge >= 0.3 is 0 Å². The summed E-state index contributed by atoms with van der Waals surface area (Å²) in [5.41, 5.74) is 0. The van der Waals surface area contributed by atoms with Gasteiger partial charge in [-0.3, -0.25) is 4.90 Å². The van der Waals surface area contributed by atoms with Crippen molar-refractivity contribution >= 4 is 0 Å². The van der Waals surface area contributed by atoms with E-state index < -0.39 is 0 Å². The number of hydrogen-bond donors (Lipinski definition) is 0.